The van der Waals surface area contributed by atoms with Gasteiger partial charge in [0.2, 0.25) is 0 Å². The maximum absolute atomic E-state index is 12.8. The van der Waals surface area contributed by atoms with Crippen LogP contribution in [0.5, 0.6) is 0 Å². The van der Waals surface area contributed by atoms with E-state index >= 15 is 0 Å². The number of aryl methyl sites for hydroxylation is 2. The third-order valence-electron chi connectivity index (χ3n) is 5.12. The maximum Gasteiger partial charge on any atom is 0.334 e. The smallest absolute Gasteiger partial charge is 0.334 e. The Morgan fingerprint density at radius 1 is 0.963 bits per heavy atom. The summed E-state index contributed by atoms with van der Waals surface area (Å²) in [6, 6.07) is 20.2. The van der Waals surface area contributed by atoms with Crippen molar-refractivity contribution in [3.63, 3.8) is 0 Å². The summed E-state index contributed by atoms with van der Waals surface area (Å²) >= 11 is 0. The van der Waals surface area contributed by atoms with E-state index in [1.165, 1.54) is 11.1 Å². The van der Waals surface area contributed by atoms with Crippen LogP contribution in [0.25, 0.3) is 0 Å². The van der Waals surface area contributed by atoms with Gasteiger partial charge in [0.25, 0.3) is 0 Å². The molecule has 0 spiro atoms. The monoisotopic (exact) mass is 355 g/mol. The number of hydrogen-bond donors (Lipinski definition) is 0. The van der Waals surface area contributed by atoms with Crippen molar-refractivity contribution in [1.82, 2.24) is 4.98 Å². The standard InChI is InChI=1S/C24H21NO2/c1-17(2)23(26)27-24(20-10-7-15-25-16-20)21-11-5-3-8-18(21)13-14-19-9-4-6-12-22(19)24/h3-12,15-16H,1,13-14H2,2H3. The summed E-state index contributed by atoms with van der Waals surface area (Å²) in [6.07, 6.45) is 5.29. The highest BCUT2D eigenvalue weighted by molar-refractivity contribution is 5.88. The van der Waals surface area contributed by atoms with Gasteiger partial charge in [-0.2, -0.15) is 0 Å². The van der Waals surface area contributed by atoms with E-state index in [1.54, 1.807) is 19.3 Å². The van der Waals surface area contributed by atoms with Crippen LogP contribution in [-0.4, -0.2) is 11.0 Å². The van der Waals surface area contributed by atoms with Gasteiger partial charge >= 0.3 is 5.97 Å². The Morgan fingerprint density at radius 2 is 1.56 bits per heavy atom. The summed E-state index contributed by atoms with van der Waals surface area (Å²) in [5.74, 6) is -0.412. The molecule has 27 heavy (non-hydrogen) atoms. The molecule has 0 saturated heterocycles. The van der Waals surface area contributed by atoms with E-state index in [1.807, 2.05) is 36.4 Å². The third-order valence-corrected chi connectivity index (χ3v) is 5.12. The Bertz CT molecular complexity index is 960. The van der Waals surface area contributed by atoms with E-state index in [2.05, 4.69) is 35.8 Å². The van der Waals surface area contributed by atoms with Crippen molar-refractivity contribution < 1.29 is 9.53 Å². The van der Waals surface area contributed by atoms with Gasteiger partial charge in [-0.05, 0) is 37.0 Å². The summed E-state index contributed by atoms with van der Waals surface area (Å²) < 4.78 is 6.28. The van der Waals surface area contributed by atoms with E-state index in [4.69, 9.17) is 4.74 Å². The minimum absolute atomic E-state index is 0.373. The largest absolute Gasteiger partial charge is 0.441 e. The molecule has 0 fully saturated rings. The third kappa shape index (κ3) is 2.85. The minimum atomic E-state index is -1.05. The number of hydrogen-bond acceptors (Lipinski definition) is 3. The van der Waals surface area contributed by atoms with Crippen LogP contribution in [0, 0.1) is 0 Å². The Kier molecular flexibility index (Phi) is 4.36. The van der Waals surface area contributed by atoms with Crippen LogP contribution < -0.4 is 0 Å². The van der Waals surface area contributed by atoms with Crippen molar-refractivity contribution in [2.24, 2.45) is 0 Å². The number of carbonyl (C=O) groups is 1. The normalized spacial score (nSPS) is 14.4. The molecule has 1 aliphatic carbocycles. The lowest BCUT2D eigenvalue weighted by Crippen LogP contribution is -2.36. The van der Waals surface area contributed by atoms with Crippen LogP contribution in [0.4, 0.5) is 0 Å². The fourth-order valence-corrected chi connectivity index (χ4v) is 3.86. The highest BCUT2D eigenvalue weighted by Gasteiger charge is 2.44. The van der Waals surface area contributed by atoms with Gasteiger partial charge in [0, 0.05) is 34.7 Å². The Balaban J connectivity index is 2.10. The zero-order valence-corrected chi connectivity index (χ0v) is 15.3. The Labute approximate surface area is 159 Å². The number of benzene rings is 2. The second-order valence-corrected chi connectivity index (χ2v) is 6.91. The van der Waals surface area contributed by atoms with Crippen LogP contribution in [0.1, 0.15) is 34.7 Å². The van der Waals surface area contributed by atoms with E-state index in [0.29, 0.717) is 5.57 Å². The van der Waals surface area contributed by atoms with Crippen LogP contribution in [0.15, 0.2) is 85.2 Å². The van der Waals surface area contributed by atoms with Gasteiger partial charge < -0.3 is 4.74 Å². The van der Waals surface area contributed by atoms with Crippen LogP contribution in [0.2, 0.25) is 0 Å². The summed E-state index contributed by atoms with van der Waals surface area (Å²) in [4.78, 5) is 17.1. The molecule has 0 amide bonds. The summed E-state index contributed by atoms with van der Waals surface area (Å²) in [5.41, 5.74) is 4.47. The van der Waals surface area contributed by atoms with E-state index in [0.717, 1.165) is 29.5 Å². The van der Waals surface area contributed by atoms with Gasteiger partial charge in [-0.1, -0.05) is 61.2 Å². The van der Waals surface area contributed by atoms with E-state index in [-0.39, 0.29) is 0 Å². The lowest BCUT2D eigenvalue weighted by molar-refractivity contribution is -0.148. The quantitative estimate of drug-likeness (QED) is 0.509. The number of ether oxygens (including phenoxy) is 1. The molecule has 0 saturated carbocycles. The topological polar surface area (TPSA) is 39.2 Å². The molecule has 3 aromatic rings. The molecule has 1 aromatic heterocycles. The van der Waals surface area contributed by atoms with Gasteiger partial charge in [-0.15, -0.1) is 0 Å². The molecule has 134 valence electrons. The molecule has 0 bridgehead atoms. The first-order chi connectivity index (χ1) is 13.1. The van der Waals surface area contributed by atoms with Crippen molar-refractivity contribution >= 4 is 5.97 Å². The van der Waals surface area contributed by atoms with Gasteiger partial charge in [0.1, 0.15) is 0 Å². The van der Waals surface area contributed by atoms with Gasteiger partial charge in [-0.3, -0.25) is 4.98 Å². The fraction of sp³-hybridized carbons (Fsp3) is 0.167. The van der Waals surface area contributed by atoms with Gasteiger partial charge in [0.05, 0.1) is 0 Å². The second kappa shape index (κ2) is 6.84. The Morgan fingerprint density at radius 3 is 2.07 bits per heavy atom. The molecule has 0 radical (unpaired) electrons. The predicted octanol–water partition coefficient (Wildman–Crippen LogP) is 4.59. The van der Waals surface area contributed by atoms with Crippen molar-refractivity contribution in [3.8, 4) is 0 Å². The molecule has 0 aliphatic heterocycles. The molecular formula is C24H21NO2. The lowest BCUT2D eigenvalue weighted by atomic mass is 9.78. The van der Waals surface area contributed by atoms with E-state index < -0.39 is 11.6 Å². The number of aromatic nitrogens is 1. The molecule has 1 heterocycles. The first-order valence-corrected chi connectivity index (χ1v) is 9.09. The molecule has 3 nitrogen and oxygen atoms in total. The second-order valence-electron chi connectivity index (χ2n) is 6.91. The minimum Gasteiger partial charge on any atom is -0.441 e. The number of nitrogens with zero attached hydrogens (tertiary/aromatic N) is 1. The highest BCUT2D eigenvalue weighted by Crippen LogP contribution is 2.45. The first kappa shape index (κ1) is 17.2. The van der Waals surface area contributed by atoms with Crippen LogP contribution in [-0.2, 0) is 28.0 Å². The van der Waals surface area contributed by atoms with E-state index in [9.17, 15) is 4.79 Å². The number of pyridine rings is 1. The predicted molar refractivity (Wildman–Crippen MR) is 105 cm³/mol. The van der Waals surface area contributed by atoms with Crippen molar-refractivity contribution in [1.29, 1.82) is 0 Å². The molecule has 0 N–H and O–H groups in total. The van der Waals surface area contributed by atoms with Gasteiger partial charge in [0.15, 0.2) is 5.60 Å². The molecule has 0 atom stereocenters. The summed E-state index contributed by atoms with van der Waals surface area (Å²) in [5, 5.41) is 0. The van der Waals surface area contributed by atoms with Crippen LogP contribution >= 0.6 is 0 Å². The SMILES string of the molecule is C=C(C)C(=O)OC1(c2cccnc2)c2ccccc2CCc2ccccc21. The zero-order chi connectivity index (χ0) is 18.9. The molecule has 4 rings (SSSR count). The molecule has 1 aliphatic rings. The highest BCUT2D eigenvalue weighted by atomic mass is 16.6. The van der Waals surface area contributed by atoms with Crippen LogP contribution in [0.3, 0.4) is 0 Å². The van der Waals surface area contributed by atoms with Gasteiger partial charge in [-0.25, -0.2) is 4.79 Å². The molecule has 3 heteroatoms. The van der Waals surface area contributed by atoms with Crippen molar-refractivity contribution in [2.45, 2.75) is 25.4 Å². The maximum atomic E-state index is 12.8. The Hall–Kier alpha value is -3.20. The number of rotatable bonds is 3. The number of esters is 1. The zero-order valence-electron chi connectivity index (χ0n) is 15.3. The van der Waals surface area contributed by atoms with Crippen molar-refractivity contribution in [2.75, 3.05) is 0 Å². The molecule has 2 aromatic carbocycles. The average molecular weight is 355 g/mol. The summed E-state index contributed by atoms with van der Waals surface area (Å²) in [7, 11) is 0. The van der Waals surface area contributed by atoms with Crippen molar-refractivity contribution in [3.05, 3.63) is 113 Å². The lowest BCUT2D eigenvalue weighted by Gasteiger charge is -2.36. The first-order valence-electron chi connectivity index (χ1n) is 9.09. The molecular weight excluding hydrogens is 334 g/mol. The average Bonchev–Trinajstić information content (AvgIpc) is 2.85. The summed E-state index contributed by atoms with van der Waals surface area (Å²) in [6.45, 7) is 5.46. The number of carbonyl (C=O) groups excluding carboxylic acids is 1. The fourth-order valence-electron chi connectivity index (χ4n) is 3.86. The number of fused-ring (bicyclic) bond motifs is 2. The molecule has 0 unspecified atom stereocenters.